The summed E-state index contributed by atoms with van der Waals surface area (Å²) in [6, 6.07) is 18.0. The Morgan fingerprint density at radius 1 is 0.562 bits per heavy atom. The van der Waals surface area contributed by atoms with Gasteiger partial charge in [-0.15, -0.1) is 11.8 Å². The second kappa shape index (κ2) is 21.5. The molecule has 2 aliphatic heterocycles. The van der Waals surface area contributed by atoms with Crippen molar-refractivity contribution in [2.45, 2.75) is 20.8 Å². The number of halogens is 3. The monoisotopic (exact) mass is 962 g/mol. The van der Waals surface area contributed by atoms with E-state index in [1.54, 1.807) is 41.0 Å². The quantitative estimate of drug-likeness (QED) is 0.0783. The number of aromatic nitrogens is 4. The average Bonchev–Trinajstić information content (AvgIpc) is 4.01. The normalized spacial score (nSPS) is 13.3. The number of H-pyrrole nitrogens is 2. The topological polar surface area (TPSA) is 173 Å². The Morgan fingerprint density at radius 3 is 1.38 bits per heavy atom. The van der Waals surface area contributed by atoms with E-state index in [4.69, 9.17) is 23.2 Å². The van der Waals surface area contributed by atoms with Gasteiger partial charge in [-0.05, 0) is 66.9 Å². The second-order valence-corrected chi connectivity index (χ2v) is 15.8. The van der Waals surface area contributed by atoms with Crippen molar-refractivity contribution in [3.63, 3.8) is 0 Å². The minimum atomic E-state index is -0.655. The zero-order valence-electron chi connectivity index (χ0n) is 35.0. The Hall–Kier alpha value is -6.78. The van der Waals surface area contributed by atoms with Gasteiger partial charge in [0.15, 0.2) is 0 Å². The number of rotatable bonds is 6. The number of Topliss-reactive ketones (excluding diaryl/α,β-unsaturated/α-hetero) is 2. The second-order valence-electron chi connectivity index (χ2n) is 14.2. The molecule has 2 aliphatic rings. The van der Waals surface area contributed by atoms with Gasteiger partial charge in [-0.1, -0.05) is 65.5 Å². The van der Waals surface area contributed by atoms with Gasteiger partial charge < -0.3 is 29.6 Å². The molecule has 2 saturated heterocycles. The van der Waals surface area contributed by atoms with Gasteiger partial charge >= 0.3 is 0 Å². The molecule has 8 rings (SSSR count). The number of amides is 4. The van der Waals surface area contributed by atoms with Crippen molar-refractivity contribution in [3.05, 3.63) is 128 Å². The van der Waals surface area contributed by atoms with E-state index in [-0.39, 0.29) is 41.1 Å². The van der Waals surface area contributed by atoms with Crippen LogP contribution in [-0.2, 0) is 9.59 Å². The number of hydrogen-bond donors (Lipinski definition) is 2. The zero-order chi connectivity index (χ0) is 45.9. The van der Waals surface area contributed by atoms with Crippen molar-refractivity contribution in [3.8, 4) is 23.7 Å². The van der Waals surface area contributed by atoms with Gasteiger partial charge in [0.05, 0.1) is 32.2 Å². The molecule has 6 heterocycles. The number of nitrogens with zero attached hydrogens (tertiary/aromatic N) is 6. The van der Waals surface area contributed by atoms with Crippen molar-refractivity contribution >= 4 is 96.1 Å². The molecule has 64 heavy (non-hydrogen) atoms. The van der Waals surface area contributed by atoms with E-state index in [9.17, 15) is 28.8 Å². The summed E-state index contributed by atoms with van der Waals surface area (Å²) in [7, 11) is 0. The minimum Gasteiger partial charge on any atom is -0.358 e. The average molecular weight is 965 g/mol. The SMILES string of the molecule is CC#CC.CC#Cc1ncc(Cl)c2c(C(=O)C(=O)N3CCN(C(=O)c4ccccc4)CC3)c[nH]c12.O=C(C(=O)N1CCN(C(=O)c2ccccc2)CC1)c1c[nH]c2c(Br)ncc(Cl)c12. The molecular formula is C47H41BrCl2N8O6. The number of ketones is 2. The summed E-state index contributed by atoms with van der Waals surface area (Å²) in [5.41, 5.74) is 3.15. The fourth-order valence-corrected chi connectivity index (χ4v) is 7.93. The molecule has 0 bridgehead atoms. The standard InChI is InChI=1S/C23H19ClN4O3.C20H16BrClN4O3.C4H6/c1-2-6-18-20-19(17(24)14-25-18)16(13-26-20)21(29)23(31)28-11-9-27(10-12-28)22(30)15-7-4-3-5-8-15;21-18-16-15(14(22)11-24-18)13(10-23-16)17(27)20(29)26-8-6-25(7-9-26)19(28)12-4-2-1-3-5-12;1-3-4-2/h3-5,7-8,13-14,26H,9-12H2,1H3;1-5,10-11,23H,6-9H2;1-2H3. The van der Waals surface area contributed by atoms with Crippen molar-refractivity contribution in [1.29, 1.82) is 0 Å². The minimum absolute atomic E-state index is 0.0789. The Labute approximate surface area is 387 Å². The van der Waals surface area contributed by atoms with E-state index in [1.165, 1.54) is 34.6 Å². The molecule has 0 saturated carbocycles. The third-order valence-corrected chi connectivity index (χ3v) is 11.6. The number of carbonyl (C=O) groups is 6. The summed E-state index contributed by atoms with van der Waals surface area (Å²) < 4.78 is 0.511. The predicted molar refractivity (Wildman–Crippen MR) is 248 cm³/mol. The Bertz CT molecular complexity index is 2860. The fraction of sp³-hybridized carbons (Fsp3) is 0.234. The first-order valence-electron chi connectivity index (χ1n) is 20.0. The lowest BCUT2D eigenvalue weighted by Gasteiger charge is -2.34. The van der Waals surface area contributed by atoms with Gasteiger partial charge in [0.25, 0.3) is 35.2 Å². The van der Waals surface area contributed by atoms with Crippen LogP contribution in [0.15, 0.2) is 90.1 Å². The van der Waals surface area contributed by atoms with Crippen LogP contribution in [0.2, 0.25) is 10.0 Å². The van der Waals surface area contributed by atoms with Crippen molar-refractivity contribution in [2.24, 2.45) is 0 Å². The van der Waals surface area contributed by atoms with Crippen LogP contribution in [0.1, 0.15) is 67.9 Å². The van der Waals surface area contributed by atoms with Gasteiger partial charge in [0.1, 0.15) is 10.3 Å². The smallest absolute Gasteiger partial charge is 0.295 e. The zero-order valence-corrected chi connectivity index (χ0v) is 38.1. The number of nitrogens with one attached hydrogen (secondary N) is 2. The third kappa shape index (κ3) is 10.4. The maximum atomic E-state index is 13.0. The van der Waals surface area contributed by atoms with Gasteiger partial charge in [-0.3, -0.25) is 28.8 Å². The Kier molecular flexibility index (Phi) is 15.7. The summed E-state index contributed by atoms with van der Waals surface area (Å²) in [6.07, 6.45) is 5.79. The molecule has 4 amide bonds. The molecule has 14 nitrogen and oxygen atoms in total. The molecule has 17 heteroatoms. The number of pyridine rings is 2. The fourth-order valence-electron chi connectivity index (χ4n) is 7.03. The summed E-state index contributed by atoms with van der Waals surface area (Å²) in [5.74, 6) is 8.29. The number of piperazine rings is 2. The molecule has 326 valence electrons. The molecule has 0 aliphatic carbocycles. The number of fused-ring (bicyclic) bond motifs is 2. The maximum absolute atomic E-state index is 13.0. The first-order valence-corrected chi connectivity index (χ1v) is 21.5. The summed E-state index contributed by atoms with van der Waals surface area (Å²) in [4.78, 5) is 97.1. The molecule has 0 spiro atoms. The molecule has 0 radical (unpaired) electrons. The van der Waals surface area contributed by atoms with E-state index in [0.29, 0.717) is 87.5 Å². The maximum Gasteiger partial charge on any atom is 0.295 e. The van der Waals surface area contributed by atoms with Crippen LogP contribution in [0.5, 0.6) is 0 Å². The molecule has 4 aromatic heterocycles. The van der Waals surface area contributed by atoms with Gasteiger partial charge in [0, 0.05) is 99.0 Å². The van der Waals surface area contributed by atoms with E-state index >= 15 is 0 Å². The summed E-state index contributed by atoms with van der Waals surface area (Å²) >= 11 is 15.8. The first kappa shape index (κ1) is 46.7. The van der Waals surface area contributed by atoms with Crippen LogP contribution in [0.3, 0.4) is 0 Å². The lowest BCUT2D eigenvalue weighted by Crippen LogP contribution is -2.52. The third-order valence-electron chi connectivity index (χ3n) is 10.4. The molecule has 0 atom stereocenters. The highest BCUT2D eigenvalue weighted by atomic mass is 79.9. The van der Waals surface area contributed by atoms with Crippen LogP contribution >= 0.6 is 39.1 Å². The molecule has 2 fully saturated rings. The highest BCUT2D eigenvalue weighted by Gasteiger charge is 2.32. The highest BCUT2D eigenvalue weighted by Crippen LogP contribution is 2.31. The van der Waals surface area contributed by atoms with Crippen LogP contribution in [0.25, 0.3) is 21.8 Å². The molecule has 2 N–H and O–H groups in total. The van der Waals surface area contributed by atoms with Crippen LogP contribution in [0.4, 0.5) is 0 Å². The molecule has 2 aromatic carbocycles. The predicted octanol–water partition coefficient (Wildman–Crippen LogP) is 6.93. The Morgan fingerprint density at radius 2 is 0.953 bits per heavy atom. The van der Waals surface area contributed by atoms with E-state index in [1.807, 2.05) is 50.2 Å². The molecular weight excluding hydrogens is 923 g/mol. The van der Waals surface area contributed by atoms with Crippen molar-refractivity contribution < 1.29 is 28.8 Å². The van der Waals surface area contributed by atoms with E-state index in [2.05, 4.69) is 59.5 Å². The van der Waals surface area contributed by atoms with Crippen molar-refractivity contribution in [2.75, 3.05) is 52.4 Å². The number of hydrogen-bond acceptors (Lipinski definition) is 8. The lowest BCUT2D eigenvalue weighted by molar-refractivity contribution is -0.128. The lowest BCUT2D eigenvalue weighted by atomic mass is 10.1. The highest BCUT2D eigenvalue weighted by molar-refractivity contribution is 9.10. The van der Waals surface area contributed by atoms with E-state index in [0.717, 1.165) is 0 Å². The first-order chi connectivity index (χ1) is 30.9. The van der Waals surface area contributed by atoms with Gasteiger partial charge in [-0.25, -0.2) is 9.97 Å². The molecule has 0 unspecified atom stereocenters. The number of carbonyl (C=O) groups excluding carboxylic acids is 6. The van der Waals surface area contributed by atoms with Crippen LogP contribution in [-0.4, -0.2) is 127 Å². The van der Waals surface area contributed by atoms with Gasteiger partial charge in [-0.2, -0.15) is 0 Å². The van der Waals surface area contributed by atoms with Gasteiger partial charge in [0.2, 0.25) is 0 Å². The molecule has 6 aromatic rings. The largest absolute Gasteiger partial charge is 0.358 e. The van der Waals surface area contributed by atoms with Crippen molar-refractivity contribution in [1.82, 2.24) is 39.5 Å². The van der Waals surface area contributed by atoms with Crippen LogP contribution < -0.4 is 0 Å². The van der Waals surface area contributed by atoms with E-state index < -0.39 is 23.4 Å². The number of aromatic amines is 2. The Balaban J connectivity index is 0.000000197. The summed E-state index contributed by atoms with van der Waals surface area (Å²) in [5, 5.41) is 1.46. The number of benzene rings is 2. The van der Waals surface area contributed by atoms with Crippen LogP contribution in [0, 0.1) is 23.7 Å². The summed E-state index contributed by atoms with van der Waals surface area (Å²) in [6.45, 7) is 7.95.